The highest BCUT2D eigenvalue weighted by Gasteiger charge is 2.23. The Bertz CT molecular complexity index is 619. The number of hydrogen-bond acceptors (Lipinski definition) is 3. The third-order valence-corrected chi connectivity index (χ3v) is 3.03. The first-order valence-corrected chi connectivity index (χ1v) is 5.33. The van der Waals surface area contributed by atoms with Crippen molar-refractivity contribution in [3.63, 3.8) is 0 Å². The van der Waals surface area contributed by atoms with Crippen LogP contribution in [0.15, 0.2) is 11.1 Å². The van der Waals surface area contributed by atoms with E-state index in [0.717, 1.165) is 6.54 Å². The van der Waals surface area contributed by atoms with E-state index in [2.05, 4.69) is 15.0 Å². The molecule has 0 amide bonds. The van der Waals surface area contributed by atoms with Crippen LogP contribution in [0.5, 0.6) is 0 Å². The minimum absolute atomic E-state index is 0.0712. The van der Waals surface area contributed by atoms with Gasteiger partial charge in [-0.1, -0.05) is 0 Å². The van der Waals surface area contributed by atoms with Gasteiger partial charge in [-0.15, -0.1) is 0 Å². The number of aromatic amines is 2. The molecule has 1 fully saturated rings. The van der Waals surface area contributed by atoms with Crippen LogP contribution in [0.25, 0.3) is 11.2 Å². The second-order valence-electron chi connectivity index (χ2n) is 3.92. The number of aromatic nitrogens is 4. The van der Waals surface area contributed by atoms with Gasteiger partial charge in [0.1, 0.15) is 5.52 Å². The smallest absolute Gasteiger partial charge is 0.280 e. The van der Waals surface area contributed by atoms with Gasteiger partial charge in [0.2, 0.25) is 0 Å². The fourth-order valence-corrected chi connectivity index (χ4v) is 1.93. The highest BCUT2D eigenvalue weighted by molar-refractivity contribution is 7.71. The summed E-state index contributed by atoms with van der Waals surface area (Å²) >= 11 is 5.13. The van der Waals surface area contributed by atoms with E-state index < -0.39 is 0 Å². The standard InChI is InChI=1S/C9H10N4OS/c14-8-6-7(11-4-10-6)12-9(15)13(8)3-5-1-2-5/h4-5H,1-3H2,(H,10,11)(H,12,15). The summed E-state index contributed by atoms with van der Waals surface area (Å²) in [5.41, 5.74) is 0.972. The van der Waals surface area contributed by atoms with Crippen molar-refractivity contribution >= 4 is 23.4 Å². The van der Waals surface area contributed by atoms with Crippen LogP contribution in [-0.4, -0.2) is 19.5 Å². The first-order valence-electron chi connectivity index (χ1n) is 4.92. The molecule has 3 rings (SSSR count). The lowest BCUT2D eigenvalue weighted by Crippen LogP contribution is -2.23. The molecule has 2 heterocycles. The van der Waals surface area contributed by atoms with Gasteiger partial charge in [0, 0.05) is 6.54 Å². The molecule has 0 spiro atoms. The van der Waals surface area contributed by atoms with Gasteiger partial charge < -0.3 is 9.97 Å². The first-order chi connectivity index (χ1) is 7.25. The number of fused-ring (bicyclic) bond motifs is 1. The Balaban J connectivity index is 2.26. The predicted molar refractivity (Wildman–Crippen MR) is 58.3 cm³/mol. The van der Waals surface area contributed by atoms with E-state index in [1.807, 2.05) is 0 Å². The van der Waals surface area contributed by atoms with Crippen LogP contribution in [0.1, 0.15) is 12.8 Å². The highest BCUT2D eigenvalue weighted by Crippen LogP contribution is 2.30. The molecule has 0 radical (unpaired) electrons. The van der Waals surface area contributed by atoms with Gasteiger partial charge in [0.15, 0.2) is 10.4 Å². The summed E-state index contributed by atoms with van der Waals surface area (Å²) in [5, 5.41) is 0. The molecular formula is C9H10N4OS. The summed E-state index contributed by atoms with van der Waals surface area (Å²) in [6, 6.07) is 0. The summed E-state index contributed by atoms with van der Waals surface area (Å²) < 4.78 is 2.08. The van der Waals surface area contributed by atoms with Crippen LogP contribution < -0.4 is 5.56 Å². The summed E-state index contributed by atoms with van der Waals surface area (Å²) in [6.07, 6.45) is 3.89. The molecule has 2 aromatic rings. The first kappa shape index (κ1) is 8.84. The molecule has 1 saturated carbocycles. The van der Waals surface area contributed by atoms with Crippen molar-refractivity contribution in [1.82, 2.24) is 19.5 Å². The van der Waals surface area contributed by atoms with Gasteiger partial charge in [-0.25, -0.2) is 4.98 Å². The number of nitrogens with zero attached hydrogens (tertiary/aromatic N) is 2. The Labute approximate surface area is 90.2 Å². The topological polar surface area (TPSA) is 66.5 Å². The molecule has 2 N–H and O–H groups in total. The maximum Gasteiger partial charge on any atom is 0.280 e. The Hall–Kier alpha value is -1.43. The Morgan fingerprint density at radius 3 is 3.13 bits per heavy atom. The molecule has 15 heavy (non-hydrogen) atoms. The van der Waals surface area contributed by atoms with Crippen LogP contribution in [0.2, 0.25) is 0 Å². The second-order valence-corrected chi connectivity index (χ2v) is 4.30. The predicted octanol–water partition coefficient (Wildman–Crippen LogP) is 1.19. The van der Waals surface area contributed by atoms with E-state index in [1.165, 1.54) is 19.2 Å². The molecule has 0 unspecified atom stereocenters. The van der Waals surface area contributed by atoms with Crippen molar-refractivity contribution in [2.24, 2.45) is 5.92 Å². The zero-order valence-electron chi connectivity index (χ0n) is 7.99. The van der Waals surface area contributed by atoms with E-state index in [-0.39, 0.29) is 5.56 Å². The van der Waals surface area contributed by atoms with Crippen molar-refractivity contribution in [2.75, 3.05) is 0 Å². The van der Waals surface area contributed by atoms with Crippen LogP contribution in [0, 0.1) is 10.7 Å². The largest absolute Gasteiger partial charge is 0.339 e. The average molecular weight is 222 g/mol. The van der Waals surface area contributed by atoms with Crippen molar-refractivity contribution < 1.29 is 0 Å². The number of nitrogens with one attached hydrogen (secondary N) is 2. The van der Waals surface area contributed by atoms with Gasteiger partial charge in [-0.3, -0.25) is 9.36 Å². The molecule has 6 heteroatoms. The lowest BCUT2D eigenvalue weighted by molar-refractivity contribution is 0.593. The summed E-state index contributed by atoms with van der Waals surface area (Å²) in [5.74, 6) is 0.623. The SMILES string of the molecule is O=c1c2[nH]cnc2[nH]c(=S)n1CC1CC1. The third-order valence-electron chi connectivity index (χ3n) is 2.71. The van der Waals surface area contributed by atoms with Crippen molar-refractivity contribution in [3.8, 4) is 0 Å². The minimum Gasteiger partial charge on any atom is -0.339 e. The summed E-state index contributed by atoms with van der Waals surface area (Å²) in [7, 11) is 0. The Kier molecular flexibility index (Phi) is 1.79. The quantitative estimate of drug-likeness (QED) is 0.750. The van der Waals surface area contributed by atoms with E-state index in [4.69, 9.17) is 12.2 Å². The van der Waals surface area contributed by atoms with Crippen LogP contribution in [0.4, 0.5) is 0 Å². The van der Waals surface area contributed by atoms with Crippen molar-refractivity contribution in [2.45, 2.75) is 19.4 Å². The van der Waals surface area contributed by atoms with Gasteiger partial charge in [0.25, 0.3) is 5.56 Å². The number of H-pyrrole nitrogens is 2. The normalized spacial score (nSPS) is 16.0. The molecule has 0 aliphatic heterocycles. The fraction of sp³-hybridized carbons (Fsp3) is 0.444. The van der Waals surface area contributed by atoms with Gasteiger partial charge in [-0.05, 0) is 31.0 Å². The van der Waals surface area contributed by atoms with E-state index in [0.29, 0.717) is 21.9 Å². The monoisotopic (exact) mass is 222 g/mol. The van der Waals surface area contributed by atoms with Crippen molar-refractivity contribution in [3.05, 3.63) is 21.5 Å². The molecule has 1 aliphatic rings. The van der Waals surface area contributed by atoms with Gasteiger partial charge in [0.05, 0.1) is 6.33 Å². The number of imidazole rings is 1. The summed E-state index contributed by atoms with van der Waals surface area (Å²) in [4.78, 5) is 21.7. The number of rotatable bonds is 2. The molecule has 2 aromatic heterocycles. The molecule has 78 valence electrons. The molecule has 0 aromatic carbocycles. The zero-order chi connectivity index (χ0) is 10.4. The van der Waals surface area contributed by atoms with Crippen LogP contribution >= 0.6 is 12.2 Å². The average Bonchev–Trinajstić information content (AvgIpc) is 2.90. The van der Waals surface area contributed by atoms with Gasteiger partial charge >= 0.3 is 0 Å². The fourth-order valence-electron chi connectivity index (χ4n) is 1.67. The zero-order valence-corrected chi connectivity index (χ0v) is 8.80. The molecule has 0 saturated heterocycles. The van der Waals surface area contributed by atoms with Crippen molar-refractivity contribution in [1.29, 1.82) is 0 Å². The van der Waals surface area contributed by atoms with E-state index in [1.54, 1.807) is 4.57 Å². The third kappa shape index (κ3) is 1.41. The summed E-state index contributed by atoms with van der Waals surface area (Å²) in [6.45, 7) is 0.725. The van der Waals surface area contributed by atoms with Crippen LogP contribution in [-0.2, 0) is 6.54 Å². The molecule has 1 aliphatic carbocycles. The lowest BCUT2D eigenvalue weighted by Gasteiger charge is -2.03. The lowest BCUT2D eigenvalue weighted by atomic mass is 10.4. The maximum absolute atomic E-state index is 12.0. The van der Waals surface area contributed by atoms with Gasteiger partial charge in [-0.2, -0.15) is 0 Å². The second kappa shape index (κ2) is 3.03. The molecule has 0 atom stereocenters. The Morgan fingerprint density at radius 1 is 1.60 bits per heavy atom. The molecular weight excluding hydrogens is 212 g/mol. The maximum atomic E-state index is 12.0. The van der Waals surface area contributed by atoms with E-state index >= 15 is 0 Å². The molecule has 5 nitrogen and oxygen atoms in total. The van der Waals surface area contributed by atoms with E-state index in [9.17, 15) is 4.79 Å². The highest BCUT2D eigenvalue weighted by atomic mass is 32.1. The molecule has 0 bridgehead atoms. The Morgan fingerprint density at radius 2 is 2.40 bits per heavy atom. The number of hydrogen-bond donors (Lipinski definition) is 2. The minimum atomic E-state index is -0.0712. The van der Waals surface area contributed by atoms with Crippen LogP contribution in [0.3, 0.4) is 0 Å².